The molecule has 1 amide bonds. The van der Waals surface area contributed by atoms with Crippen molar-refractivity contribution in [2.75, 3.05) is 5.32 Å². The summed E-state index contributed by atoms with van der Waals surface area (Å²) in [4.78, 5) is 18.2. The number of fused-ring (bicyclic) bond motifs is 1. The third-order valence-corrected chi connectivity index (χ3v) is 5.34. The minimum Gasteiger partial charge on any atom is -0.322 e. The second kappa shape index (κ2) is 6.43. The number of anilines is 1. The molecular weight excluding hydrogens is 348 g/mol. The maximum atomic E-state index is 13.3. The molecule has 0 atom stereocenters. The van der Waals surface area contributed by atoms with Crippen LogP contribution < -0.4 is 5.32 Å². The monoisotopic (exact) mass is 376 g/mol. The number of hydrogen-bond donors (Lipinski definition) is 1. The van der Waals surface area contributed by atoms with Crippen LogP contribution in [0.2, 0.25) is 0 Å². The highest BCUT2D eigenvalue weighted by molar-refractivity contribution is 6.13. The maximum Gasteiger partial charge on any atom is 0.256 e. The lowest BCUT2D eigenvalue weighted by atomic mass is 10.1. The molecule has 0 unspecified atom stereocenters. The molecule has 1 aliphatic carbocycles. The van der Waals surface area contributed by atoms with Crippen molar-refractivity contribution >= 4 is 22.6 Å². The minimum absolute atomic E-state index is 0.0992. The van der Waals surface area contributed by atoms with Crippen molar-refractivity contribution in [3.63, 3.8) is 0 Å². The molecule has 5 heteroatoms. The molecule has 146 valence electrons. The summed E-state index contributed by atoms with van der Waals surface area (Å²) in [6, 6.07) is 8.04. The Kier molecular flexibility index (Phi) is 4.29. The van der Waals surface area contributed by atoms with Crippen LogP contribution in [-0.4, -0.2) is 20.7 Å². The van der Waals surface area contributed by atoms with E-state index in [1.54, 1.807) is 0 Å². The smallest absolute Gasteiger partial charge is 0.256 e. The Morgan fingerprint density at radius 2 is 1.86 bits per heavy atom. The van der Waals surface area contributed by atoms with Gasteiger partial charge in [0.2, 0.25) is 0 Å². The number of hydrogen-bond acceptors (Lipinski definition) is 3. The van der Waals surface area contributed by atoms with Crippen molar-refractivity contribution in [1.82, 2.24) is 14.8 Å². The zero-order valence-electron chi connectivity index (χ0n) is 17.6. The second-order valence-electron chi connectivity index (χ2n) is 9.01. The van der Waals surface area contributed by atoms with Crippen LogP contribution >= 0.6 is 0 Å². The lowest BCUT2D eigenvalue weighted by Gasteiger charge is -2.20. The van der Waals surface area contributed by atoms with Crippen LogP contribution in [0, 0.1) is 20.8 Å². The Bertz CT molecular complexity index is 1080. The van der Waals surface area contributed by atoms with E-state index in [1.807, 2.05) is 36.7 Å². The minimum atomic E-state index is -0.205. The Labute approximate surface area is 166 Å². The first-order valence-corrected chi connectivity index (χ1v) is 9.94. The summed E-state index contributed by atoms with van der Waals surface area (Å²) < 4.78 is 1.96. The van der Waals surface area contributed by atoms with E-state index in [2.05, 4.69) is 39.1 Å². The second-order valence-corrected chi connectivity index (χ2v) is 9.01. The highest BCUT2D eigenvalue weighted by Crippen LogP contribution is 2.41. The van der Waals surface area contributed by atoms with Gasteiger partial charge in [-0.15, -0.1) is 0 Å². The fraction of sp³-hybridized carbons (Fsp3) is 0.435. The number of aryl methyl sites for hydroxylation is 3. The van der Waals surface area contributed by atoms with Crippen LogP contribution in [0.3, 0.4) is 0 Å². The van der Waals surface area contributed by atoms with Gasteiger partial charge in [0.1, 0.15) is 0 Å². The van der Waals surface area contributed by atoms with Crippen LogP contribution in [0.25, 0.3) is 11.0 Å². The molecule has 0 aliphatic heterocycles. The Morgan fingerprint density at radius 1 is 1.14 bits per heavy atom. The fourth-order valence-electron chi connectivity index (χ4n) is 3.69. The standard InChI is InChI=1S/C23H28N4O/c1-13-7-10-18(14(2)11-13)25-22(28)17-12-19(16-8-9-16)24-21-20(17)15(3)26-27(21)23(4,5)6/h7,10-12,16H,8-9H2,1-6H3,(H,25,28). The average Bonchev–Trinajstić information content (AvgIpc) is 3.40. The largest absolute Gasteiger partial charge is 0.322 e. The van der Waals surface area contributed by atoms with E-state index in [4.69, 9.17) is 10.1 Å². The van der Waals surface area contributed by atoms with E-state index >= 15 is 0 Å². The highest BCUT2D eigenvalue weighted by Gasteiger charge is 2.30. The SMILES string of the molecule is Cc1ccc(NC(=O)c2cc(C3CC3)nc3c2c(C)nn3C(C)(C)C)c(C)c1. The molecule has 5 nitrogen and oxygen atoms in total. The zero-order chi connectivity index (χ0) is 20.2. The molecule has 4 rings (SSSR count). The first-order chi connectivity index (χ1) is 13.1. The first kappa shape index (κ1) is 18.7. The molecule has 1 aliphatic rings. The van der Waals surface area contributed by atoms with E-state index < -0.39 is 0 Å². The summed E-state index contributed by atoms with van der Waals surface area (Å²) in [6.45, 7) is 12.4. The van der Waals surface area contributed by atoms with Gasteiger partial charge >= 0.3 is 0 Å². The van der Waals surface area contributed by atoms with Gasteiger partial charge < -0.3 is 5.32 Å². The summed E-state index contributed by atoms with van der Waals surface area (Å²) in [6.07, 6.45) is 2.28. The van der Waals surface area contributed by atoms with Gasteiger partial charge in [-0.2, -0.15) is 5.10 Å². The Hall–Kier alpha value is -2.69. The Balaban J connectivity index is 1.85. The van der Waals surface area contributed by atoms with Gasteiger partial charge in [-0.1, -0.05) is 17.7 Å². The van der Waals surface area contributed by atoms with Crippen molar-refractivity contribution in [3.8, 4) is 0 Å². The number of pyridine rings is 1. The van der Waals surface area contributed by atoms with Gasteiger partial charge in [0.05, 0.1) is 22.2 Å². The van der Waals surface area contributed by atoms with Crippen molar-refractivity contribution in [2.45, 2.75) is 65.8 Å². The molecule has 1 fully saturated rings. The van der Waals surface area contributed by atoms with Gasteiger partial charge in [-0.3, -0.25) is 4.79 Å². The van der Waals surface area contributed by atoms with E-state index in [0.717, 1.165) is 46.5 Å². The number of carbonyl (C=O) groups excluding carboxylic acids is 1. The molecule has 1 aromatic carbocycles. The predicted octanol–water partition coefficient (Wildman–Crippen LogP) is 5.24. The summed E-state index contributed by atoms with van der Waals surface area (Å²) in [5, 5.41) is 8.69. The molecule has 0 bridgehead atoms. The van der Waals surface area contributed by atoms with Gasteiger partial charge in [-0.05, 0) is 72.1 Å². The highest BCUT2D eigenvalue weighted by atomic mass is 16.1. The quantitative estimate of drug-likeness (QED) is 0.680. The van der Waals surface area contributed by atoms with E-state index in [9.17, 15) is 4.79 Å². The van der Waals surface area contributed by atoms with Crippen molar-refractivity contribution in [1.29, 1.82) is 0 Å². The van der Waals surface area contributed by atoms with Crippen LogP contribution in [0.5, 0.6) is 0 Å². The molecular formula is C23H28N4O. The number of carbonyl (C=O) groups is 1. The molecule has 1 saturated carbocycles. The zero-order valence-corrected chi connectivity index (χ0v) is 17.6. The third-order valence-electron chi connectivity index (χ3n) is 5.34. The Morgan fingerprint density at radius 3 is 2.46 bits per heavy atom. The number of nitrogens with one attached hydrogen (secondary N) is 1. The summed E-state index contributed by atoms with van der Waals surface area (Å²) in [7, 11) is 0. The fourth-order valence-corrected chi connectivity index (χ4v) is 3.69. The van der Waals surface area contributed by atoms with Crippen molar-refractivity contribution in [2.24, 2.45) is 0 Å². The van der Waals surface area contributed by atoms with Crippen LogP contribution in [0.15, 0.2) is 24.3 Å². The lowest BCUT2D eigenvalue weighted by molar-refractivity contribution is 0.102. The molecule has 0 spiro atoms. The van der Waals surface area contributed by atoms with Crippen LogP contribution in [0.1, 0.15) is 72.4 Å². The summed E-state index contributed by atoms with van der Waals surface area (Å²) in [5.74, 6) is 0.360. The van der Waals surface area contributed by atoms with Crippen molar-refractivity contribution in [3.05, 3.63) is 52.3 Å². The average molecular weight is 377 g/mol. The number of rotatable bonds is 3. The molecule has 3 aromatic rings. The van der Waals surface area contributed by atoms with E-state index in [1.165, 1.54) is 5.56 Å². The van der Waals surface area contributed by atoms with Crippen LogP contribution in [-0.2, 0) is 5.54 Å². The summed E-state index contributed by atoms with van der Waals surface area (Å²) >= 11 is 0. The number of benzene rings is 1. The van der Waals surface area contributed by atoms with Gasteiger partial charge in [-0.25, -0.2) is 9.67 Å². The van der Waals surface area contributed by atoms with Gasteiger partial charge in [0.25, 0.3) is 5.91 Å². The molecule has 2 aromatic heterocycles. The molecule has 0 saturated heterocycles. The lowest BCUT2D eigenvalue weighted by Crippen LogP contribution is -2.23. The maximum absolute atomic E-state index is 13.3. The summed E-state index contributed by atoms with van der Waals surface area (Å²) in [5.41, 5.74) is 6.19. The van der Waals surface area contributed by atoms with E-state index in [-0.39, 0.29) is 11.4 Å². The van der Waals surface area contributed by atoms with Crippen molar-refractivity contribution < 1.29 is 4.79 Å². The molecule has 0 radical (unpaired) electrons. The third kappa shape index (κ3) is 3.30. The predicted molar refractivity (Wildman–Crippen MR) is 113 cm³/mol. The topological polar surface area (TPSA) is 59.8 Å². The molecule has 28 heavy (non-hydrogen) atoms. The van der Waals surface area contributed by atoms with Gasteiger partial charge in [0, 0.05) is 17.3 Å². The first-order valence-electron chi connectivity index (χ1n) is 9.94. The normalized spacial score (nSPS) is 14.5. The number of aromatic nitrogens is 3. The number of amides is 1. The molecule has 1 N–H and O–H groups in total. The van der Waals surface area contributed by atoms with Gasteiger partial charge in [0.15, 0.2) is 5.65 Å². The number of nitrogens with zero attached hydrogens (tertiary/aromatic N) is 3. The van der Waals surface area contributed by atoms with Crippen LogP contribution in [0.4, 0.5) is 5.69 Å². The van der Waals surface area contributed by atoms with E-state index in [0.29, 0.717) is 11.5 Å². The molecule has 2 heterocycles.